The third-order valence-electron chi connectivity index (χ3n) is 1.70. The van der Waals surface area contributed by atoms with Gasteiger partial charge in [0.15, 0.2) is 13.6 Å². The normalized spacial score (nSPS) is 15.2. The first-order valence-corrected chi connectivity index (χ1v) is 5.29. The van der Waals surface area contributed by atoms with Crippen LogP contribution in [0.4, 0.5) is 8.78 Å². The summed E-state index contributed by atoms with van der Waals surface area (Å²) in [6.07, 6.45) is -0.530. The molecule has 0 N–H and O–H groups in total. The van der Waals surface area contributed by atoms with E-state index in [1.54, 1.807) is 0 Å². The second-order valence-corrected chi connectivity index (χ2v) is 3.17. The van der Waals surface area contributed by atoms with Crippen molar-refractivity contribution in [3.05, 3.63) is 0 Å². The number of alkyl halides is 2. The Bertz CT molecular complexity index is 122. The molecule has 0 aliphatic heterocycles. The summed E-state index contributed by atoms with van der Waals surface area (Å²) in [4.78, 5) is 0. The standard InChI is InChI=1S/C10H20F2O3/c1-3-5-9(11)14-7-13-8-15-10(12)6-4-2/h9-10H,3-8H2,1-2H3. The second kappa shape index (κ2) is 10.3. The summed E-state index contributed by atoms with van der Waals surface area (Å²) in [5.41, 5.74) is 0. The summed E-state index contributed by atoms with van der Waals surface area (Å²) in [7, 11) is 0. The van der Waals surface area contributed by atoms with Crippen molar-refractivity contribution in [1.82, 2.24) is 0 Å². The van der Waals surface area contributed by atoms with Gasteiger partial charge in [0.05, 0.1) is 0 Å². The average Bonchev–Trinajstić information content (AvgIpc) is 2.18. The first kappa shape index (κ1) is 14.7. The van der Waals surface area contributed by atoms with Gasteiger partial charge in [-0.3, -0.25) is 0 Å². The van der Waals surface area contributed by atoms with Gasteiger partial charge in [-0.25, -0.2) is 8.78 Å². The van der Waals surface area contributed by atoms with Crippen molar-refractivity contribution in [1.29, 1.82) is 0 Å². The highest BCUT2D eigenvalue weighted by Crippen LogP contribution is 2.05. The minimum absolute atomic E-state index is 0.208. The van der Waals surface area contributed by atoms with Crippen LogP contribution in [-0.2, 0) is 14.2 Å². The van der Waals surface area contributed by atoms with Gasteiger partial charge < -0.3 is 14.2 Å². The molecule has 0 bridgehead atoms. The summed E-state index contributed by atoms with van der Waals surface area (Å²) < 4.78 is 39.4. The Morgan fingerprint density at radius 2 is 1.27 bits per heavy atom. The zero-order chi connectivity index (χ0) is 11.5. The molecular formula is C10H20F2O3. The van der Waals surface area contributed by atoms with E-state index in [1.165, 1.54) is 0 Å². The van der Waals surface area contributed by atoms with Crippen LogP contribution in [0.25, 0.3) is 0 Å². The molecule has 0 aromatic heterocycles. The Morgan fingerprint density at radius 3 is 1.60 bits per heavy atom. The maximum absolute atomic E-state index is 12.7. The predicted octanol–water partition coefficient (Wildman–Crippen LogP) is 3.14. The third kappa shape index (κ3) is 10.0. The lowest BCUT2D eigenvalue weighted by Crippen LogP contribution is -2.14. The Hall–Kier alpha value is -0.260. The highest BCUT2D eigenvalue weighted by Gasteiger charge is 2.06. The highest BCUT2D eigenvalue weighted by atomic mass is 19.1. The predicted molar refractivity (Wildman–Crippen MR) is 52.6 cm³/mol. The molecular weight excluding hydrogens is 206 g/mol. The summed E-state index contributed by atoms with van der Waals surface area (Å²) in [5.74, 6) is 0. The van der Waals surface area contributed by atoms with Crippen molar-refractivity contribution in [2.45, 2.75) is 52.2 Å². The van der Waals surface area contributed by atoms with Gasteiger partial charge in [-0.1, -0.05) is 26.7 Å². The minimum Gasteiger partial charge on any atom is -0.329 e. The van der Waals surface area contributed by atoms with E-state index < -0.39 is 12.7 Å². The summed E-state index contributed by atoms with van der Waals surface area (Å²) in [5, 5.41) is 0. The molecule has 0 spiro atoms. The molecule has 0 fully saturated rings. The molecule has 3 nitrogen and oxygen atoms in total. The lowest BCUT2D eigenvalue weighted by atomic mass is 10.3. The van der Waals surface area contributed by atoms with Gasteiger partial charge in [0.1, 0.15) is 0 Å². The van der Waals surface area contributed by atoms with Crippen molar-refractivity contribution in [2.75, 3.05) is 13.6 Å². The molecule has 2 unspecified atom stereocenters. The van der Waals surface area contributed by atoms with E-state index in [1.807, 2.05) is 13.8 Å². The van der Waals surface area contributed by atoms with Gasteiger partial charge in [-0.15, -0.1) is 0 Å². The number of halogens is 2. The molecule has 0 radical (unpaired) electrons. The van der Waals surface area contributed by atoms with Crippen LogP contribution in [0.3, 0.4) is 0 Å². The molecule has 0 amide bonds. The van der Waals surface area contributed by atoms with Gasteiger partial charge in [-0.05, 0) is 0 Å². The molecule has 5 heteroatoms. The smallest absolute Gasteiger partial charge is 0.201 e. The zero-order valence-corrected chi connectivity index (χ0v) is 9.38. The number of hydrogen-bond acceptors (Lipinski definition) is 3. The fraction of sp³-hybridized carbons (Fsp3) is 1.00. The molecule has 0 rings (SSSR count). The van der Waals surface area contributed by atoms with E-state index in [0.717, 1.165) is 0 Å². The maximum atomic E-state index is 12.7. The molecule has 0 aromatic rings. The van der Waals surface area contributed by atoms with E-state index in [0.29, 0.717) is 25.7 Å². The van der Waals surface area contributed by atoms with Crippen molar-refractivity contribution in [3.63, 3.8) is 0 Å². The van der Waals surface area contributed by atoms with E-state index in [4.69, 9.17) is 4.74 Å². The highest BCUT2D eigenvalue weighted by molar-refractivity contribution is 4.38. The van der Waals surface area contributed by atoms with Crippen LogP contribution in [0.5, 0.6) is 0 Å². The van der Waals surface area contributed by atoms with Gasteiger partial charge in [0, 0.05) is 12.8 Å². The van der Waals surface area contributed by atoms with E-state index in [-0.39, 0.29) is 13.6 Å². The van der Waals surface area contributed by atoms with Crippen molar-refractivity contribution in [2.24, 2.45) is 0 Å². The summed E-state index contributed by atoms with van der Waals surface area (Å²) in [6.45, 7) is 3.30. The van der Waals surface area contributed by atoms with Gasteiger partial charge in [-0.2, -0.15) is 0 Å². The van der Waals surface area contributed by atoms with Crippen LogP contribution in [0.2, 0.25) is 0 Å². The Balaban J connectivity index is 3.17. The van der Waals surface area contributed by atoms with Crippen molar-refractivity contribution < 1.29 is 23.0 Å². The lowest BCUT2D eigenvalue weighted by Gasteiger charge is -2.11. The molecule has 15 heavy (non-hydrogen) atoms. The van der Waals surface area contributed by atoms with Gasteiger partial charge >= 0.3 is 0 Å². The molecule has 92 valence electrons. The lowest BCUT2D eigenvalue weighted by molar-refractivity contribution is -0.202. The van der Waals surface area contributed by atoms with Gasteiger partial charge in [0.25, 0.3) is 0 Å². The molecule has 0 aliphatic carbocycles. The molecule has 2 atom stereocenters. The fourth-order valence-corrected chi connectivity index (χ4v) is 0.898. The summed E-state index contributed by atoms with van der Waals surface area (Å²) in [6, 6.07) is 0. The Morgan fingerprint density at radius 1 is 0.867 bits per heavy atom. The fourth-order valence-electron chi connectivity index (χ4n) is 0.898. The molecule has 0 heterocycles. The third-order valence-corrected chi connectivity index (χ3v) is 1.70. The second-order valence-electron chi connectivity index (χ2n) is 3.17. The SMILES string of the molecule is CCCC(F)OCOCOC(F)CCC. The van der Waals surface area contributed by atoms with Gasteiger partial charge in [0.2, 0.25) is 12.7 Å². The number of rotatable bonds is 10. The first-order chi connectivity index (χ1) is 7.20. The molecule has 0 saturated heterocycles. The minimum atomic E-state index is -1.31. The van der Waals surface area contributed by atoms with Crippen LogP contribution in [0.15, 0.2) is 0 Å². The summed E-state index contributed by atoms with van der Waals surface area (Å²) >= 11 is 0. The molecule has 0 aliphatic rings. The zero-order valence-electron chi connectivity index (χ0n) is 9.38. The molecule has 0 aromatic carbocycles. The maximum Gasteiger partial charge on any atom is 0.201 e. The average molecular weight is 226 g/mol. The monoisotopic (exact) mass is 226 g/mol. The molecule has 0 saturated carbocycles. The Labute approximate surface area is 89.7 Å². The quantitative estimate of drug-likeness (QED) is 0.423. The van der Waals surface area contributed by atoms with Crippen LogP contribution < -0.4 is 0 Å². The van der Waals surface area contributed by atoms with Crippen LogP contribution in [0.1, 0.15) is 39.5 Å². The van der Waals surface area contributed by atoms with Crippen LogP contribution >= 0.6 is 0 Å². The van der Waals surface area contributed by atoms with Crippen molar-refractivity contribution in [3.8, 4) is 0 Å². The van der Waals surface area contributed by atoms with Crippen LogP contribution in [-0.4, -0.2) is 26.3 Å². The van der Waals surface area contributed by atoms with Crippen molar-refractivity contribution >= 4 is 0 Å². The van der Waals surface area contributed by atoms with E-state index >= 15 is 0 Å². The number of ether oxygens (including phenoxy) is 3. The van der Waals surface area contributed by atoms with E-state index in [9.17, 15) is 8.78 Å². The van der Waals surface area contributed by atoms with Crippen LogP contribution in [0, 0.1) is 0 Å². The Kier molecular flexibility index (Phi) is 10.1. The largest absolute Gasteiger partial charge is 0.329 e. The number of hydrogen-bond donors (Lipinski definition) is 0. The topological polar surface area (TPSA) is 27.7 Å². The van der Waals surface area contributed by atoms with E-state index in [2.05, 4.69) is 9.47 Å². The first-order valence-electron chi connectivity index (χ1n) is 5.29.